The Labute approximate surface area is 125 Å². The van der Waals surface area contributed by atoms with Gasteiger partial charge < -0.3 is 4.98 Å². The van der Waals surface area contributed by atoms with Crippen LogP contribution in [0.5, 0.6) is 0 Å². The normalized spacial score (nSPS) is 11.3. The van der Waals surface area contributed by atoms with Crippen molar-refractivity contribution in [2.24, 2.45) is 0 Å². The van der Waals surface area contributed by atoms with Crippen molar-refractivity contribution in [2.45, 2.75) is 19.9 Å². The lowest BCUT2D eigenvalue weighted by atomic mass is 10.1. The maximum atomic E-state index is 12.7. The van der Waals surface area contributed by atoms with Crippen molar-refractivity contribution in [3.8, 4) is 11.1 Å². The van der Waals surface area contributed by atoms with Gasteiger partial charge in [0.25, 0.3) is 5.56 Å². The first-order chi connectivity index (χ1) is 9.59. The molecule has 0 bridgehead atoms. The first kappa shape index (κ1) is 13.3. The van der Waals surface area contributed by atoms with Crippen LogP contribution in [-0.4, -0.2) is 9.55 Å². The smallest absolute Gasteiger partial charge is 0.263 e. The molecule has 3 aromatic rings. The molecule has 0 spiro atoms. The van der Waals surface area contributed by atoms with Crippen LogP contribution in [0.25, 0.3) is 21.3 Å². The lowest BCUT2D eigenvalue weighted by molar-refractivity contribution is 0.565. The number of nitrogens with zero attached hydrogens (tertiary/aromatic N) is 1. The maximum Gasteiger partial charge on any atom is 0.263 e. The maximum absolute atomic E-state index is 12.7. The number of thiophene rings is 1. The summed E-state index contributed by atoms with van der Waals surface area (Å²) in [5.74, 6) is 0. The summed E-state index contributed by atoms with van der Waals surface area (Å²) in [5, 5.41) is 2.74. The zero-order chi connectivity index (χ0) is 14.3. The fourth-order valence-electron chi connectivity index (χ4n) is 2.33. The zero-order valence-electron chi connectivity index (χ0n) is 11.2. The molecule has 0 radical (unpaired) electrons. The molecule has 0 saturated carbocycles. The van der Waals surface area contributed by atoms with Crippen molar-refractivity contribution in [3.63, 3.8) is 0 Å². The predicted octanol–water partition coefficient (Wildman–Crippen LogP) is 4.37. The Balaban J connectivity index is 2.41. The Kier molecular flexibility index (Phi) is 3.31. The molecule has 0 amide bonds. The molecule has 0 aliphatic carbocycles. The third-order valence-corrected chi connectivity index (χ3v) is 4.46. The van der Waals surface area contributed by atoms with Gasteiger partial charge in [0.2, 0.25) is 0 Å². The van der Waals surface area contributed by atoms with Gasteiger partial charge in [-0.15, -0.1) is 11.3 Å². The summed E-state index contributed by atoms with van der Waals surface area (Å²) >= 11 is 6.81. The van der Waals surface area contributed by atoms with Crippen LogP contribution in [-0.2, 0) is 0 Å². The highest BCUT2D eigenvalue weighted by Gasteiger charge is 2.14. The van der Waals surface area contributed by atoms with Crippen LogP contribution in [0.4, 0.5) is 0 Å². The Bertz CT molecular complexity index is 872. The molecule has 2 aromatic heterocycles. The van der Waals surface area contributed by atoms with E-state index in [1.54, 1.807) is 4.57 Å². The Morgan fingerprint density at radius 3 is 2.60 bits per heavy atom. The Morgan fingerprint density at radius 2 is 1.95 bits per heavy atom. The number of aromatic amines is 1. The van der Waals surface area contributed by atoms with E-state index in [0.717, 1.165) is 21.3 Å². The minimum absolute atomic E-state index is 0.0150. The highest BCUT2D eigenvalue weighted by molar-refractivity contribution is 7.71. The van der Waals surface area contributed by atoms with Crippen molar-refractivity contribution >= 4 is 33.8 Å². The predicted molar refractivity (Wildman–Crippen MR) is 87.1 cm³/mol. The van der Waals surface area contributed by atoms with Crippen molar-refractivity contribution in [2.75, 3.05) is 0 Å². The second kappa shape index (κ2) is 5.00. The van der Waals surface area contributed by atoms with Crippen LogP contribution < -0.4 is 5.56 Å². The van der Waals surface area contributed by atoms with Gasteiger partial charge in [-0.2, -0.15) is 0 Å². The van der Waals surface area contributed by atoms with Crippen LogP contribution in [0.15, 0.2) is 40.5 Å². The molecule has 0 fully saturated rings. The molecule has 3 rings (SSSR count). The second-order valence-corrected chi connectivity index (χ2v) is 6.18. The van der Waals surface area contributed by atoms with Crippen molar-refractivity contribution in [1.82, 2.24) is 9.55 Å². The molecular weight excluding hydrogens is 288 g/mol. The van der Waals surface area contributed by atoms with Gasteiger partial charge in [0.1, 0.15) is 4.83 Å². The van der Waals surface area contributed by atoms with E-state index in [4.69, 9.17) is 12.2 Å². The van der Waals surface area contributed by atoms with E-state index >= 15 is 0 Å². The molecule has 3 nitrogen and oxygen atoms in total. The quantitative estimate of drug-likeness (QED) is 0.714. The average Bonchev–Trinajstić information content (AvgIpc) is 2.83. The molecule has 2 heterocycles. The van der Waals surface area contributed by atoms with E-state index in [0.29, 0.717) is 4.77 Å². The summed E-state index contributed by atoms with van der Waals surface area (Å²) in [4.78, 5) is 16.7. The van der Waals surface area contributed by atoms with Crippen LogP contribution in [0.2, 0.25) is 0 Å². The molecule has 0 aliphatic rings. The number of aromatic nitrogens is 2. The van der Waals surface area contributed by atoms with E-state index in [1.165, 1.54) is 11.3 Å². The minimum atomic E-state index is -0.0150. The molecule has 0 saturated heterocycles. The van der Waals surface area contributed by atoms with Crippen molar-refractivity contribution in [3.05, 3.63) is 50.8 Å². The highest BCUT2D eigenvalue weighted by Crippen LogP contribution is 2.30. The fourth-order valence-corrected chi connectivity index (χ4v) is 3.75. The van der Waals surface area contributed by atoms with Gasteiger partial charge in [0, 0.05) is 17.0 Å². The summed E-state index contributed by atoms with van der Waals surface area (Å²) in [5.41, 5.74) is 2.01. The monoisotopic (exact) mass is 302 g/mol. The summed E-state index contributed by atoms with van der Waals surface area (Å²) in [6.45, 7) is 3.93. The lowest BCUT2D eigenvalue weighted by Gasteiger charge is -2.10. The number of fused-ring (bicyclic) bond motifs is 1. The number of rotatable bonds is 2. The van der Waals surface area contributed by atoms with Gasteiger partial charge >= 0.3 is 0 Å². The number of hydrogen-bond acceptors (Lipinski definition) is 3. The van der Waals surface area contributed by atoms with Crippen molar-refractivity contribution < 1.29 is 0 Å². The Hall–Kier alpha value is -1.72. The van der Waals surface area contributed by atoms with E-state index in [1.807, 2.05) is 49.6 Å². The number of benzene rings is 1. The standard InChI is InChI=1S/C15H14N2OS2/c1-9(2)17-14(18)12-11(10-6-4-3-5-7-10)8-20-13(12)16-15(17)19/h3-9H,1-2H3,(H,16,19). The van der Waals surface area contributed by atoms with Crippen LogP contribution in [0.3, 0.4) is 0 Å². The highest BCUT2D eigenvalue weighted by atomic mass is 32.1. The molecule has 1 N–H and O–H groups in total. The van der Waals surface area contributed by atoms with Gasteiger partial charge in [-0.05, 0) is 31.6 Å². The summed E-state index contributed by atoms with van der Waals surface area (Å²) in [6.07, 6.45) is 0. The number of nitrogens with one attached hydrogen (secondary N) is 1. The number of hydrogen-bond donors (Lipinski definition) is 1. The van der Waals surface area contributed by atoms with Crippen LogP contribution in [0.1, 0.15) is 19.9 Å². The van der Waals surface area contributed by atoms with Gasteiger partial charge in [0.05, 0.1) is 5.39 Å². The topological polar surface area (TPSA) is 37.8 Å². The second-order valence-electron chi connectivity index (χ2n) is 4.92. The van der Waals surface area contributed by atoms with E-state index in [-0.39, 0.29) is 11.6 Å². The number of H-pyrrole nitrogens is 1. The zero-order valence-corrected chi connectivity index (χ0v) is 12.8. The summed E-state index contributed by atoms with van der Waals surface area (Å²) in [6, 6.07) is 10.00. The minimum Gasteiger partial charge on any atom is -0.323 e. The van der Waals surface area contributed by atoms with Crippen LogP contribution >= 0.6 is 23.6 Å². The van der Waals surface area contributed by atoms with E-state index in [9.17, 15) is 4.79 Å². The molecule has 1 aromatic carbocycles. The fraction of sp³-hybridized carbons (Fsp3) is 0.200. The van der Waals surface area contributed by atoms with E-state index in [2.05, 4.69) is 4.98 Å². The largest absolute Gasteiger partial charge is 0.323 e. The lowest BCUT2D eigenvalue weighted by Crippen LogP contribution is -2.23. The van der Waals surface area contributed by atoms with Gasteiger partial charge in [-0.3, -0.25) is 9.36 Å². The van der Waals surface area contributed by atoms with Crippen LogP contribution in [0, 0.1) is 4.77 Å². The Morgan fingerprint density at radius 1 is 1.25 bits per heavy atom. The van der Waals surface area contributed by atoms with Gasteiger partial charge in [-0.25, -0.2) is 0 Å². The first-order valence-corrected chi connectivity index (χ1v) is 7.70. The SMILES string of the molecule is CC(C)n1c(=S)[nH]c2scc(-c3ccccc3)c2c1=O. The third kappa shape index (κ3) is 2.03. The molecule has 5 heteroatoms. The van der Waals surface area contributed by atoms with Crippen molar-refractivity contribution in [1.29, 1.82) is 0 Å². The van der Waals surface area contributed by atoms with Gasteiger partial charge in [-0.1, -0.05) is 30.3 Å². The summed E-state index contributed by atoms with van der Waals surface area (Å²) < 4.78 is 2.12. The van der Waals surface area contributed by atoms with E-state index < -0.39 is 0 Å². The van der Waals surface area contributed by atoms with Gasteiger partial charge in [0.15, 0.2) is 4.77 Å². The average molecular weight is 302 g/mol. The first-order valence-electron chi connectivity index (χ1n) is 6.41. The molecule has 102 valence electrons. The molecule has 20 heavy (non-hydrogen) atoms. The molecular formula is C15H14N2OS2. The molecule has 0 aliphatic heterocycles. The summed E-state index contributed by atoms with van der Waals surface area (Å²) in [7, 11) is 0. The molecule has 0 unspecified atom stereocenters. The third-order valence-electron chi connectivity index (χ3n) is 3.26. The molecule has 0 atom stereocenters.